The van der Waals surface area contributed by atoms with Crippen molar-refractivity contribution in [3.05, 3.63) is 53.6 Å². The van der Waals surface area contributed by atoms with Crippen molar-refractivity contribution >= 4 is 17.5 Å². The highest BCUT2D eigenvalue weighted by atomic mass is 16.5. The molecule has 0 aliphatic carbocycles. The number of nitrogens with one attached hydrogen (secondary N) is 2. The van der Waals surface area contributed by atoms with E-state index in [1.54, 1.807) is 25.3 Å². The van der Waals surface area contributed by atoms with Crippen LogP contribution in [0.3, 0.4) is 0 Å². The average molecular weight is 342 g/mol. The molecular weight excluding hydrogens is 320 g/mol. The summed E-state index contributed by atoms with van der Waals surface area (Å²) in [6, 6.07) is 12.8. The molecule has 6 heteroatoms. The number of carbonyl (C=O) groups is 2. The van der Waals surface area contributed by atoms with Crippen molar-refractivity contribution in [1.29, 1.82) is 0 Å². The molecule has 0 radical (unpaired) electrons. The average Bonchev–Trinajstić information content (AvgIpc) is 2.60. The van der Waals surface area contributed by atoms with Crippen LogP contribution >= 0.6 is 0 Å². The van der Waals surface area contributed by atoms with Gasteiger partial charge in [0.1, 0.15) is 11.5 Å². The Balaban J connectivity index is 1.87. The van der Waals surface area contributed by atoms with Crippen molar-refractivity contribution in [2.24, 2.45) is 0 Å². The van der Waals surface area contributed by atoms with E-state index in [0.717, 1.165) is 11.1 Å². The summed E-state index contributed by atoms with van der Waals surface area (Å²) in [5.74, 6) is 0.573. The molecule has 25 heavy (non-hydrogen) atoms. The van der Waals surface area contributed by atoms with Gasteiger partial charge in [-0.3, -0.25) is 9.59 Å². The molecule has 2 aromatic carbocycles. The molecule has 2 N–H and O–H groups in total. The summed E-state index contributed by atoms with van der Waals surface area (Å²) in [6.45, 7) is 1.86. The Morgan fingerprint density at radius 3 is 2.48 bits per heavy atom. The normalized spacial score (nSPS) is 10.0. The fourth-order valence-electron chi connectivity index (χ4n) is 2.35. The maximum Gasteiger partial charge on any atom is 0.243 e. The summed E-state index contributed by atoms with van der Waals surface area (Å²) in [5, 5.41) is 5.32. The van der Waals surface area contributed by atoms with Gasteiger partial charge in [0.05, 0.1) is 32.9 Å². The zero-order valence-electron chi connectivity index (χ0n) is 14.6. The van der Waals surface area contributed by atoms with Gasteiger partial charge in [-0.15, -0.1) is 0 Å². The van der Waals surface area contributed by atoms with E-state index in [9.17, 15) is 9.59 Å². The fraction of sp³-hybridized carbons (Fsp3) is 0.263. The SMILES string of the molecule is COc1ccc(NC(=O)CNC(=O)Cc2cccc(C)c2)c(OC)c1. The number of methoxy groups -OCH3 is 2. The number of benzene rings is 2. The van der Waals surface area contributed by atoms with E-state index in [-0.39, 0.29) is 24.8 Å². The molecule has 0 unspecified atom stereocenters. The van der Waals surface area contributed by atoms with Crippen molar-refractivity contribution in [2.75, 3.05) is 26.1 Å². The van der Waals surface area contributed by atoms with Crippen molar-refractivity contribution in [1.82, 2.24) is 5.32 Å². The number of carbonyl (C=O) groups excluding carboxylic acids is 2. The maximum absolute atomic E-state index is 12.0. The first-order chi connectivity index (χ1) is 12.0. The highest BCUT2D eigenvalue weighted by Crippen LogP contribution is 2.28. The fourth-order valence-corrected chi connectivity index (χ4v) is 2.35. The molecular formula is C19H22N2O4. The van der Waals surface area contributed by atoms with E-state index in [1.165, 1.54) is 7.11 Å². The first-order valence-corrected chi connectivity index (χ1v) is 7.86. The van der Waals surface area contributed by atoms with Crippen LogP contribution in [0.4, 0.5) is 5.69 Å². The number of rotatable bonds is 7. The Kier molecular flexibility index (Phi) is 6.39. The summed E-state index contributed by atoms with van der Waals surface area (Å²) in [7, 11) is 3.06. The largest absolute Gasteiger partial charge is 0.497 e. The monoisotopic (exact) mass is 342 g/mol. The van der Waals surface area contributed by atoms with Gasteiger partial charge in [-0.1, -0.05) is 29.8 Å². The van der Waals surface area contributed by atoms with Gasteiger partial charge in [0, 0.05) is 6.07 Å². The second-order valence-electron chi connectivity index (χ2n) is 5.56. The van der Waals surface area contributed by atoms with Crippen molar-refractivity contribution in [3.63, 3.8) is 0 Å². The molecule has 0 heterocycles. The van der Waals surface area contributed by atoms with Gasteiger partial charge >= 0.3 is 0 Å². The summed E-state index contributed by atoms with van der Waals surface area (Å²) in [5.41, 5.74) is 2.52. The topological polar surface area (TPSA) is 76.7 Å². The van der Waals surface area contributed by atoms with E-state index in [4.69, 9.17) is 9.47 Å². The molecule has 0 fully saturated rings. The summed E-state index contributed by atoms with van der Waals surface area (Å²) in [4.78, 5) is 24.0. The van der Waals surface area contributed by atoms with Gasteiger partial charge in [-0.25, -0.2) is 0 Å². The Hall–Kier alpha value is -3.02. The molecule has 0 aliphatic rings. The van der Waals surface area contributed by atoms with Crippen LogP contribution in [0, 0.1) is 6.92 Å². The number of hydrogen-bond acceptors (Lipinski definition) is 4. The first-order valence-electron chi connectivity index (χ1n) is 7.86. The lowest BCUT2D eigenvalue weighted by molar-refractivity contribution is -0.123. The molecule has 0 aromatic heterocycles. The predicted molar refractivity (Wildman–Crippen MR) is 96.1 cm³/mol. The lowest BCUT2D eigenvalue weighted by atomic mass is 10.1. The van der Waals surface area contributed by atoms with Gasteiger partial charge in [0.25, 0.3) is 0 Å². The van der Waals surface area contributed by atoms with Crippen molar-refractivity contribution in [3.8, 4) is 11.5 Å². The third-order valence-corrected chi connectivity index (χ3v) is 3.58. The quantitative estimate of drug-likeness (QED) is 0.809. The van der Waals surface area contributed by atoms with E-state index in [0.29, 0.717) is 17.2 Å². The smallest absolute Gasteiger partial charge is 0.243 e. The molecule has 0 bridgehead atoms. The minimum Gasteiger partial charge on any atom is -0.497 e. The van der Waals surface area contributed by atoms with Crippen molar-refractivity contribution < 1.29 is 19.1 Å². The molecule has 2 rings (SSSR count). The van der Waals surface area contributed by atoms with Crippen LogP contribution in [-0.4, -0.2) is 32.6 Å². The van der Waals surface area contributed by atoms with E-state index in [1.807, 2.05) is 31.2 Å². The maximum atomic E-state index is 12.0. The number of hydrogen-bond donors (Lipinski definition) is 2. The van der Waals surface area contributed by atoms with Crippen LogP contribution in [-0.2, 0) is 16.0 Å². The molecule has 2 aromatic rings. The first kappa shape index (κ1) is 18.3. The zero-order valence-corrected chi connectivity index (χ0v) is 14.6. The lowest BCUT2D eigenvalue weighted by Crippen LogP contribution is -2.33. The molecule has 0 saturated carbocycles. The van der Waals surface area contributed by atoms with Gasteiger partial charge < -0.3 is 20.1 Å². The van der Waals surface area contributed by atoms with Gasteiger partial charge in [0.2, 0.25) is 11.8 Å². The van der Waals surface area contributed by atoms with Gasteiger partial charge in [-0.2, -0.15) is 0 Å². The van der Waals surface area contributed by atoms with Crippen LogP contribution in [0.1, 0.15) is 11.1 Å². The molecule has 6 nitrogen and oxygen atoms in total. The molecule has 2 amide bonds. The lowest BCUT2D eigenvalue weighted by Gasteiger charge is -2.12. The Bertz CT molecular complexity index is 759. The van der Waals surface area contributed by atoms with Crippen LogP contribution in [0.5, 0.6) is 11.5 Å². The van der Waals surface area contributed by atoms with Gasteiger partial charge in [-0.05, 0) is 24.6 Å². The van der Waals surface area contributed by atoms with E-state index < -0.39 is 0 Å². The minimum atomic E-state index is -0.332. The second-order valence-corrected chi connectivity index (χ2v) is 5.56. The highest BCUT2D eigenvalue weighted by Gasteiger charge is 2.10. The van der Waals surface area contributed by atoms with E-state index >= 15 is 0 Å². The van der Waals surface area contributed by atoms with Crippen LogP contribution in [0.25, 0.3) is 0 Å². The number of amides is 2. The molecule has 132 valence electrons. The molecule has 0 aliphatic heterocycles. The number of aryl methyl sites for hydroxylation is 1. The Morgan fingerprint density at radius 1 is 1.00 bits per heavy atom. The Labute approximate surface area is 147 Å². The van der Waals surface area contributed by atoms with Crippen LogP contribution in [0.2, 0.25) is 0 Å². The van der Waals surface area contributed by atoms with Crippen molar-refractivity contribution in [2.45, 2.75) is 13.3 Å². The summed E-state index contributed by atoms with van der Waals surface area (Å²) in [6.07, 6.45) is 0.237. The highest BCUT2D eigenvalue weighted by molar-refractivity contribution is 5.96. The van der Waals surface area contributed by atoms with Gasteiger partial charge in [0.15, 0.2) is 0 Å². The summed E-state index contributed by atoms with van der Waals surface area (Å²) < 4.78 is 10.3. The molecule has 0 atom stereocenters. The number of ether oxygens (including phenoxy) is 2. The second kappa shape index (κ2) is 8.73. The predicted octanol–water partition coefficient (Wildman–Crippen LogP) is 2.31. The summed E-state index contributed by atoms with van der Waals surface area (Å²) >= 11 is 0. The third kappa shape index (κ3) is 5.53. The standard InChI is InChI=1S/C19H22N2O4/c1-13-5-4-6-14(9-13)10-18(22)20-12-19(23)21-16-8-7-15(24-2)11-17(16)25-3/h4-9,11H,10,12H2,1-3H3,(H,20,22)(H,21,23). The third-order valence-electron chi connectivity index (χ3n) is 3.58. The molecule has 0 saturated heterocycles. The number of anilines is 1. The zero-order chi connectivity index (χ0) is 18.2. The van der Waals surface area contributed by atoms with Crippen LogP contribution in [0.15, 0.2) is 42.5 Å². The Morgan fingerprint density at radius 2 is 1.80 bits per heavy atom. The minimum absolute atomic E-state index is 0.111. The van der Waals surface area contributed by atoms with E-state index in [2.05, 4.69) is 10.6 Å². The van der Waals surface area contributed by atoms with Crippen LogP contribution < -0.4 is 20.1 Å². The molecule has 0 spiro atoms.